The summed E-state index contributed by atoms with van der Waals surface area (Å²) >= 11 is 0. The van der Waals surface area contributed by atoms with Crippen LogP contribution in [-0.2, 0) is 4.79 Å². The van der Waals surface area contributed by atoms with Crippen LogP contribution in [0.25, 0.3) is 0 Å². The minimum atomic E-state index is -0.299. The first-order chi connectivity index (χ1) is 9.67. The lowest BCUT2D eigenvalue weighted by molar-refractivity contribution is -0.139. The van der Waals surface area contributed by atoms with Crippen LogP contribution in [0.3, 0.4) is 0 Å². The minimum Gasteiger partial charge on any atom is -0.341 e. The molecule has 0 aromatic heterocycles. The number of hydrogen-bond donors (Lipinski definition) is 2. The maximum atomic E-state index is 12.7. The van der Waals surface area contributed by atoms with Crippen molar-refractivity contribution in [3.63, 3.8) is 0 Å². The minimum absolute atomic E-state index is 0.299. The number of amides is 1. The molecule has 0 aromatic carbocycles. The number of piperidine rings is 2. The van der Waals surface area contributed by atoms with Crippen LogP contribution in [-0.4, -0.2) is 48.6 Å². The first kappa shape index (κ1) is 14.3. The number of carbonyl (C=O) groups is 1. The topological polar surface area (TPSA) is 44.4 Å². The van der Waals surface area contributed by atoms with Crippen molar-refractivity contribution in [3.05, 3.63) is 0 Å². The zero-order chi connectivity index (χ0) is 14.0. The van der Waals surface area contributed by atoms with E-state index in [1.165, 1.54) is 32.2 Å². The first-order valence-electron chi connectivity index (χ1n) is 8.45. The number of rotatable bonds is 4. The molecule has 3 aliphatic rings. The summed E-state index contributed by atoms with van der Waals surface area (Å²) < 4.78 is 0. The van der Waals surface area contributed by atoms with Crippen LogP contribution in [0.15, 0.2) is 0 Å². The second kappa shape index (κ2) is 6.02. The van der Waals surface area contributed by atoms with Gasteiger partial charge < -0.3 is 15.5 Å². The molecule has 4 heteroatoms. The van der Waals surface area contributed by atoms with E-state index in [0.717, 1.165) is 44.8 Å². The highest BCUT2D eigenvalue weighted by molar-refractivity contribution is 5.86. The Bertz CT molecular complexity index is 340. The van der Waals surface area contributed by atoms with Crippen LogP contribution < -0.4 is 10.6 Å². The molecule has 2 N–H and O–H groups in total. The van der Waals surface area contributed by atoms with Crippen molar-refractivity contribution in [2.24, 2.45) is 5.92 Å². The standard InChI is InChI=1S/C16H29N3O/c1-16(8-2-3-9-18-16)15(20)19-10-6-14(7-11-19)17-12-13-4-5-13/h13-14,17-18H,2-12H2,1H3. The van der Waals surface area contributed by atoms with E-state index in [0.29, 0.717) is 11.9 Å². The highest BCUT2D eigenvalue weighted by Crippen LogP contribution is 2.28. The van der Waals surface area contributed by atoms with Gasteiger partial charge in [0.25, 0.3) is 0 Å². The molecule has 0 bridgehead atoms. The molecule has 2 heterocycles. The highest BCUT2D eigenvalue weighted by Gasteiger charge is 2.38. The van der Waals surface area contributed by atoms with Gasteiger partial charge in [0.2, 0.25) is 5.91 Å². The fourth-order valence-electron chi connectivity index (χ4n) is 3.53. The summed E-state index contributed by atoms with van der Waals surface area (Å²) in [4.78, 5) is 14.8. The van der Waals surface area contributed by atoms with Gasteiger partial charge in [0.1, 0.15) is 0 Å². The fraction of sp³-hybridized carbons (Fsp3) is 0.938. The second-order valence-electron chi connectivity index (χ2n) is 7.13. The molecule has 3 fully saturated rings. The van der Waals surface area contributed by atoms with Crippen molar-refractivity contribution in [2.45, 2.75) is 63.5 Å². The van der Waals surface area contributed by atoms with Crippen molar-refractivity contribution in [2.75, 3.05) is 26.2 Å². The molecule has 2 aliphatic heterocycles. The van der Waals surface area contributed by atoms with Gasteiger partial charge in [-0.2, -0.15) is 0 Å². The van der Waals surface area contributed by atoms with Gasteiger partial charge in [-0.3, -0.25) is 4.79 Å². The Balaban J connectivity index is 1.45. The smallest absolute Gasteiger partial charge is 0.242 e. The maximum absolute atomic E-state index is 12.7. The van der Waals surface area contributed by atoms with Crippen LogP contribution in [0.4, 0.5) is 0 Å². The van der Waals surface area contributed by atoms with Gasteiger partial charge in [0.05, 0.1) is 5.54 Å². The Morgan fingerprint density at radius 1 is 1.25 bits per heavy atom. The lowest BCUT2D eigenvalue weighted by Crippen LogP contribution is -2.59. The summed E-state index contributed by atoms with van der Waals surface area (Å²) in [7, 11) is 0. The molecule has 1 saturated carbocycles. The number of nitrogens with one attached hydrogen (secondary N) is 2. The molecule has 2 saturated heterocycles. The third kappa shape index (κ3) is 3.34. The number of hydrogen-bond acceptors (Lipinski definition) is 3. The summed E-state index contributed by atoms with van der Waals surface area (Å²) in [5, 5.41) is 7.12. The van der Waals surface area contributed by atoms with Crippen LogP contribution >= 0.6 is 0 Å². The third-order valence-electron chi connectivity index (χ3n) is 5.27. The van der Waals surface area contributed by atoms with Crippen molar-refractivity contribution in [1.29, 1.82) is 0 Å². The summed E-state index contributed by atoms with van der Waals surface area (Å²) in [5.41, 5.74) is -0.299. The molecule has 20 heavy (non-hydrogen) atoms. The SMILES string of the molecule is CC1(C(=O)N2CCC(NCC3CC3)CC2)CCCCN1. The molecule has 3 rings (SSSR count). The van der Waals surface area contributed by atoms with Gasteiger partial charge in [-0.15, -0.1) is 0 Å². The summed E-state index contributed by atoms with van der Waals surface area (Å²) in [6.07, 6.45) is 8.43. The quantitative estimate of drug-likeness (QED) is 0.820. The van der Waals surface area contributed by atoms with Crippen molar-refractivity contribution < 1.29 is 4.79 Å². The monoisotopic (exact) mass is 279 g/mol. The summed E-state index contributed by atoms with van der Waals surface area (Å²) in [6, 6.07) is 0.631. The predicted molar refractivity (Wildman–Crippen MR) is 80.6 cm³/mol. The molecule has 114 valence electrons. The Labute approximate surface area is 122 Å². The summed E-state index contributed by atoms with van der Waals surface area (Å²) in [6.45, 7) is 6.13. The molecule has 1 atom stereocenters. The number of nitrogens with zero attached hydrogens (tertiary/aromatic N) is 1. The van der Waals surface area contributed by atoms with Crippen LogP contribution in [0.2, 0.25) is 0 Å². The van der Waals surface area contributed by atoms with Crippen LogP contribution in [0.1, 0.15) is 51.9 Å². The molecule has 1 amide bonds. The fourth-order valence-corrected chi connectivity index (χ4v) is 3.53. The normalized spacial score (nSPS) is 32.4. The lowest BCUT2D eigenvalue weighted by atomic mass is 9.88. The molecule has 4 nitrogen and oxygen atoms in total. The Morgan fingerprint density at radius 3 is 2.60 bits per heavy atom. The molecule has 0 aromatic rings. The zero-order valence-corrected chi connectivity index (χ0v) is 12.8. The zero-order valence-electron chi connectivity index (χ0n) is 12.8. The Kier molecular flexibility index (Phi) is 4.32. The van der Waals surface area contributed by atoms with E-state index in [9.17, 15) is 4.79 Å². The van der Waals surface area contributed by atoms with E-state index in [2.05, 4.69) is 22.5 Å². The average Bonchev–Trinajstić information content (AvgIpc) is 3.30. The lowest BCUT2D eigenvalue weighted by Gasteiger charge is -2.41. The van der Waals surface area contributed by atoms with E-state index >= 15 is 0 Å². The number of carbonyl (C=O) groups excluding carboxylic acids is 1. The molecule has 0 spiro atoms. The molecular formula is C16H29N3O. The van der Waals surface area contributed by atoms with E-state index in [4.69, 9.17) is 0 Å². The van der Waals surface area contributed by atoms with E-state index in [-0.39, 0.29) is 5.54 Å². The summed E-state index contributed by atoms with van der Waals surface area (Å²) in [5.74, 6) is 1.28. The van der Waals surface area contributed by atoms with E-state index in [1.54, 1.807) is 0 Å². The van der Waals surface area contributed by atoms with E-state index in [1.807, 2.05) is 0 Å². The average molecular weight is 279 g/mol. The first-order valence-corrected chi connectivity index (χ1v) is 8.45. The molecule has 1 unspecified atom stereocenters. The van der Waals surface area contributed by atoms with Crippen molar-refractivity contribution in [1.82, 2.24) is 15.5 Å². The van der Waals surface area contributed by atoms with Gasteiger partial charge in [-0.05, 0) is 70.9 Å². The predicted octanol–water partition coefficient (Wildman–Crippen LogP) is 1.51. The second-order valence-corrected chi connectivity index (χ2v) is 7.13. The number of likely N-dealkylation sites (tertiary alicyclic amines) is 1. The van der Waals surface area contributed by atoms with Gasteiger partial charge >= 0.3 is 0 Å². The van der Waals surface area contributed by atoms with Crippen LogP contribution in [0.5, 0.6) is 0 Å². The van der Waals surface area contributed by atoms with Crippen molar-refractivity contribution in [3.8, 4) is 0 Å². The van der Waals surface area contributed by atoms with Gasteiger partial charge in [0.15, 0.2) is 0 Å². The maximum Gasteiger partial charge on any atom is 0.242 e. The van der Waals surface area contributed by atoms with Gasteiger partial charge in [0, 0.05) is 19.1 Å². The molecule has 0 radical (unpaired) electrons. The van der Waals surface area contributed by atoms with Crippen molar-refractivity contribution >= 4 is 5.91 Å². The van der Waals surface area contributed by atoms with Gasteiger partial charge in [-0.1, -0.05) is 0 Å². The van der Waals surface area contributed by atoms with Crippen LogP contribution in [0, 0.1) is 5.92 Å². The Hall–Kier alpha value is -0.610. The highest BCUT2D eigenvalue weighted by atomic mass is 16.2. The molecule has 1 aliphatic carbocycles. The molecular weight excluding hydrogens is 250 g/mol. The Morgan fingerprint density at radius 2 is 2.00 bits per heavy atom. The third-order valence-corrected chi connectivity index (χ3v) is 5.27. The van der Waals surface area contributed by atoms with E-state index < -0.39 is 0 Å². The largest absolute Gasteiger partial charge is 0.341 e. The van der Waals surface area contributed by atoms with Gasteiger partial charge in [-0.25, -0.2) is 0 Å².